The SMILES string of the molecule is CC(C)(C)OC(=O)NCC(=O)Oc1cc(C=O)ccc1OCCCO[N+](=O)[O-]. The molecule has 0 aromatic heterocycles. The smallest absolute Gasteiger partial charge is 0.408 e. The van der Waals surface area contributed by atoms with Crippen LogP contribution in [-0.4, -0.2) is 48.8 Å². The van der Waals surface area contributed by atoms with E-state index in [1.54, 1.807) is 20.8 Å². The third kappa shape index (κ3) is 9.36. The van der Waals surface area contributed by atoms with Crippen LogP contribution in [0.5, 0.6) is 11.5 Å². The average Bonchev–Trinajstić information content (AvgIpc) is 2.59. The molecule has 154 valence electrons. The molecule has 1 aromatic carbocycles. The van der Waals surface area contributed by atoms with E-state index in [0.29, 0.717) is 6.29 Å². The van der Waals surface area contributed by atoms with Crippen molar-refractivity contribution in [2.24, 2.45) is 0 Å². The van der Waals surface area contributed by atoms with Crippen LogP contribution in [0.3, 0.4) is 0 Å². The molecule has 11 heteroatoms. The fraction of sp³-hybridized carbons (Fsp3) is 0.471. The highest BCUT2D eigenvalue weighted by Crippen LogP contribution is 2.28. The Kier molecular flexibility index (Phi) is 8.66. The van der Waals surface area contributed by atoms with Crippen molar-refractivity contribution in [2.45, 2.75) is 32.8 Å². The van der Waals surface area contributed by atoms with Gasteiger partial charge in [-0.05, 0) is 39.0 Å². The van der Waals surface area contributed by atoms with Crippen LogP contribution >= 0.6 is 0 Å². The van der Waals surface area contributed by atoms with Crippen LogP contribution in [0.2, 0.25) is 0 Å². The van der Waals surface area contributed by atoms with E-state index in [1.165, 1.54) is 18.2 Å². The third-order valence-electron chi connectivity index (χ3n) is 2.85. The van der Waals surface area contributed by atoms with Gasteiger partial charge < -0.3 is 24.4 Å². The van der Waals surface area contributed by atoms with E-state index < -0.39 is 29.3 Å². The lowest BCUT2D eigenvalue weighted by molar-refractivity contribution is -0.757. The first kappa shape index (κ1) is 22.7. The fourth-order valence-corrected chi connectivity index (χ4v) is 1.79. The van der Waals surface area contributed by atoms with Crippen molar-refractivity contribution in [3.8, 4) is 11.5 Å². The minimum absolute atomic E-state index is 0.0317. The van der Waals surface area contributed by atoms with Gasteiger partial charge in [0.05, 0.1) is 13.2 Å². The average molecular weight is 398 g/mol. The van der Waals surface area contributed by atoms with Gasteiger partial charge in [0, 0.05) is 12.0 Å². The Hall–Kier alpha value is -3.37. The Morgan fingerprint density at radius 1 is 1.21 bits per heavy atom. The monoisotopic (exact) mass is 398 g/mol. The molecule has 1 amide bonds. The molecular weight excluding hydrogens is 376 g/mol. The lowest BCUT2D eigenvalue weighted by Gasteiger charge is -2.19. The first-order valence-corrected chi connectivity index (χ1v) is 8.27. The van der Waals surface area contributed by atoms with Gasteiger partial charge in [-0.15, -0.1) is 10.1 Å². The topological polar surface area (TPSA) is 143 Å². The van der Waals surface area contributed by atoms with Crippen molar-refractivity contribution in [1.29, 1.82) is 0 Å². The maximum absolute atomic E-state index is 12.0. The maximum atomic E-state index is 12.0. The summed E-state index contributed by atoms with van der Waals surface area (Å²) in [6.45, 7) is 4.46. The number of aldehydes is 1. The Morgan fingerprint density at radius 3 is 2.54 bits per heavy atom. The Balaban J connectivity index is 2.63. The number of hydrogen-bond donors (Lipinski definition) is 1. The van der Waals surface area contributed by atoms with Crippen LogP contribution in [0.1, 0.15) is 37.6 Å². The number of amides is 1. The molecule has 0 saturated heterocycles. The summed E-state index contributed by atoms with van der Waals surface area (Å²) >= 11 is 0. The van der Waals surface area contributed by atoms with Crippen molar-refractivity contribution in [1.82, 2.24) is 5.32 Å². The molecule has 0 aliphatic heterocycles. The van der Waals surface area contributed by atoms with Gasteiger partial charge in [0.15, 0.2) is 11.5 Å². The van der Waals surface area contributed by atoms with Crippen molar-refractivity contribution < 1.29 is 38.5 Å². The second kappa shape index (κ2) is 10.7. The summed E-state index contributed by atoms with van der Waals surface area (Å²) in [6.07, 6.45) is -0.0111. The second-order valence-electron chi connectivity index (χ2n) is 6.41. The molecule has 0 aliphatic carbocycles. The molecule has 1 N–H and O–H groups in total. The minimum Gasteiger partial charge on any atom is -0.490 e. The molecule has 0 saturated carbocycles. The summed E-state index contributed by atoms with van der Waals surface area (Å²) in [7, 11) is 0. The fourth-order valence-electron chi connectivity index (χ4n) is 1.79. The summed E-state index contributed by atoms with van der Waals surface area (Å²) in [5.74, 6) is -0.691. The molecule has 0 unspecified atom stereocenters. The van der Waals surface area contributed by atoms with E-state index in [1.807, 2.05) is 0 Å². The molecule has 0 fully saturated rings. The molecular formula is C17H22N2O9. The molecule has 0 spiro atoms. The first-order chi connectivity index (χ1) is 13.1. The highest BCUT2D eigenvalue weighted by Gasteiger charge is 2.18. The number of rotatable bonds is 10. The van der Waals surface area contributed by atoms with Crippen LogP contribution in [0, 0.1) is 10.1 Å². The van der Waals surface area contributed by atoms with Crippen LogP contribution in [0.4, 0.5) is 4.79 Å². The number of hydrogen-bond acceptors (Lipinski definition) is 9. The maximum Gasteiger partial charge on any atom is 0.408 e. The highest BCUT2D eigenvalue weighted by atomic mass is 16.9. The zero-order chi connectivity index (χ0) is 21.2. The number of benzene rings is 1. The van der Waals surface area contributed by atoms with E-state index >= 15 is 0 Å². The van der Waals surface area contributed by atoms with E-state index in [4.69, 9.17) is 14.2 Å². The zero-order valence-corrected chi connectivity index (χ0v) is 15.8. The highest BCUT2D eigenvalue weighted by molar-refractivity contribution is 5.81. The summed E-state index contributed by atoms with van der Waals surface area (Å²) in [5.41, 5.74) is -0.474. The zero-order valence-electron chi connectivity index (χ0n) is 15.8. The summed E-state index contributed by atoms with van der Waals surface area (Å²) in [6, 6.07) is 4.16. The number of alkyl carbamates (subject to hydrolysis) is 1. The number of carbonyl (C=O) groups is 3. The standard InChI is InChI=1S/C17H22N2O9/c1-17(2,3)28-16(22)18-10-15(21)27-14-9-12(11-20)5-6-13(14)25-7-4-8-26-19(23)24/h5-6,9,11H,4,7-8,10H2,1-3H3,(H,18,22). The lowest BCUT2D eigenvalue weighted by Crippen LogP contribution is -2.36. The Morgan fingerprint density at radius 2 is 1.93 bits per heavy atom. The summed E-state index contributed by atoms with van der Waals surface area (Å²) in [5, 5.41) is 11.4. The summed E-state index contributed by atoms with van der Waals surface area (Å²) < 4.78 is 15.5. The second-order valence-corrected chi connectivity index (χ2v) is 6.41. The molecule has 1 aromatic rings. The van der Waals surface area contributed by atoms with Gasteiger partial charge in [-0.3, -0.25) is 4.79 Å². The predicted octanol–water partition coefficient (Wildman–Crippen LogP) is 1.91. The number of nitrogens with zero attached hydrogens (tertiary/aromatic N) is 1. The van der Waals surface area contributed by atoms with Crippen LogP contribution in [0.15, 0.2) is 18.2 Å². The van der Waals surface area contributed by atoms with Crippen molar-refractivity contribution in [2.75, 3.05) is 19.8 Å². The van der Waals surface area contributed by atoms with E-state index in [0.717, 1.165) is 0 Å². The van der Waals surface area contributed by atoms with Gasteiger partial charge in [0.1, 0.15) is 18.4 Å². The van der Waals surface area contributed by atoms with E-state index in [2.05, 4.69) is 10.2 Å². The Bertz CT molecular complexity index is 713. The van der Waals surface area contributed by atoms with Gasteiger partial charge in [-0.2, -0.15) is 0 Å². The predicted molar refractivity (Wildman–Crippen MR) is 94.8 cm³/mol. The molecule has 0 bridgehead atoms. The molecule has 0 aliphatic rings. The largest absolute Gasteiger partial charge is 0.490 e. The number of esters is 1. The first-order valence-electron chi connectivity index (χ1n) is 8.27. The van der Waals surface area contributed by atoms with Crippen molar-refractivity contribution in [3.63, 3.8) is 0 Å². The number of ether oxygens (including phenoxy) is 3. The molecule has 28 heavy (non-hydrogen) atoms. The van der Waals surface area contributed by atoms with Gasteiger partial charge in [0.25, 0.3) is 5.09 Å². The quantitative estimate of drug-likeness (QED) is 0.156. The van der Waals surface area contributed by atoms with Gasteiger partial charge in [-0.1, -0.05) is 0 Å². The molecule has 0 atom stereocenters. The molecule has 11 nitrogen and oxygen atoms in total. The Labute approximate surface area is 161 Å². The van der Waals surface area contributed by atoms with Gasteiger partial charge >= 0.3 is 12.1 Å². The van der Waals surface area contributed by atoms with Gasteiger partial charge in [-0.25, -0.2) is 9.59 Å². The van der Waals surface area contributed by atoms with E-state index in [9.17, 15) is 24.5 Å². The van der Waals surface area contributed by atoms with Crippen molar-refractivity contribution >= 4 is 18.3 Å². The van der Waals surface area contributed by atoms with Gasteiger partial charge in [0.2, 0.25) is 0 Å². The molecule has 0 heterocycles. The van der Waals surface area contributed by atoms with Crippen LogP contribution in [-0.2, 0) is 14.4 Å². The van der Waals surface area contributed by atoms with Crippen LogP contribution in [0.25, 0.3) is 0 Å². The van der Waals surface area contributed by atoms with Crippen LogP contribution < -0.4 is 14.8 Å². The minimum atomic E-state index is -0.913. The summed E-state index contributed by atoms with van der Waals surface area (Å²) in [4.78, 5) is 48.7. The third-order valence-corrected chi connectivity index (χ3v) is 2.85. The number of carbonyl (C=O) groups excluding carboxylic acids is 3. The molecule has 0 radical (unpaired) electrons. The number of nitrogens with one attached hydrogen (secondary N) is 1. The van der Waals surface area contributed by atoms with E-state index in [-0.39, 0.29) is 36.7 Å². The lowest BCUT2D eigenvalue weighted by atomic mass is 10.2. The van der Waals surface area contributed by atoms with Crippen molar-refractivity contribution in [3.05, 3.63) is 33.9 Å². The molecule has 1 rings (SSSR count). The normalized spacial score (nSPS) is 10.5.